The quantitative estimate of drug-likeness (QED) is 0.575. The first-order valence-corrected chi connectivity index (χ1v) is 8.88. The number of nitrogens with one attached hydrogen (secondary N) is 2. The molecular weight excluding hydrogens is 332 g/mol. The lowest BCUT2D eigenvalue weighted by atomic mass is 10.2. The van der Waals surface area contributed by atoms with Gasteiger partial charge in [0.1, 0.15) is 0 Å². The Morgan fingerprint density at radius 3 is 2.88 bits per heavy atom. The van der Waals surface area contributed by atoms with E-state index in [4.69, 9.17) is 0 Å². The number of fused-ring (bicyclic) bond motifs is 1. The topological polar surface area (TPSA) is 62.7 Å². The summed E-state index contributed by atoms with van der Waals surface area (Å²) < 4.78 is 1.96. The summed E-state index contributed by atoms with van der Waals surface area (Å²) in [4.78, 5) is 17.5. The van der Waals surface area contributed by atoms with E-state index >= 15 is 0 Å². The first-order chi connectivity index (χ1) is 12.1. The Morgan fingerprint density at radius 2 is 2.08 bits per heavy atom. The minimum absolute atomic E-state index is 0.0875. The number of benzene rings is 1. The van der Waals surface area contributed by atoms with Crippen molar-refractivity contribution in [2.75, 3.05) is 5.32 Å². The van der Waals surface area contributed by atoms with Gasteiger partial charge < -0.3 is 10.3 Å². The van der Waals surface area contributed by atoms with Gasteiger partial charge in [-0.15, -0.1) is 11.3 Å². The Balaban J connectivity index is 1.49. The van der Waals surface area contributed by atoms with Crippen LogP contribution in [-0.2, 0) is 6.54 Å². The Hall–Kier alpha value is -2.86. The average Bonchev–Trinajstić information content (AvgIpc) is 3.28. The van der Waals surface area contributed by atoms with Crippen molar-refractivity contribution in [2.45, 2.75) is 20.4 Å². The zero-order valence-corrected chi connectivity index (χ0v) is 14.9. The molecule has 3 heterocycles. The normalized spacial score (nSPS) is 11.1. The minimum Gasteiger partial charge on any atom is -0.361 e. The van der Waals surface area contributed by atoms with E-state index in [9.17, 15) is 4.79 Å². The summed E-state index contributed by atoms with van der Waals surface area (Å²) in [7, 11) is 0. The highest BCUT2D eigenvalue weighted by Crippen LogP contribution is 2.22. The van der Waals surface area contributed by atoms with Gasteiger partial charge in [-0.25, -0.2) is 0 Å². The van der Waals surface area contributed by atoms with Crippen molar-refractivity contribution in [1.82, 2.24) is 14.8 Å². The number of hydrogen-bond donors (Lipinski definition) is 2. The number of hydrogen-bond acceptors (Lipinski definition) is 3. The Bertz CT molecular complexity index is 1060. The second-order valence-electron chi connectivity index (χ2n) is 6.08. The number of amides is 1. The maximum Gasteiger partial charge on any atom is 0.265 e. The van der Waals surface area contributed by atoms with Crippen LogP contribution in [0.1, 0.15) is 25.9 Å². The molecule has 1 amide bonds. The number of nitrogens with zero attached hydrogens (tertiary/aromatic N) is 2. The van der Waals surface area contributed by atoms with E-state index < -0.39 is 0 Å². The number of aromatic amines is 1. The molecule has 2 N–H and O–H groups in total. The number of H-pyrrole nitrogens is 1. The van der Waals surface area contributed by atoms with E-state index in [0.29, 0.717) is 11.4 Å². The Morgan fingerprint density at radius 1 is 1.20 bits per heavy atom. The van der Waals surface area contributed by atoms with E-state index in [1.54, 1.807) is 0 Å². The third-order valence-electron chi connectivity index (χ3n) is 4.11. The highest BCUT2D eigenvalue weighted by atomic mass is 32.1. The number of carbonyl (C=O) groups is 1. The molecule has 1 aromatic carbocycles. The third kappa shape index (κ3) is 3.21. The fourth-order valence-corrected chi connectivity index (χ4v) is 3.77. The molecule has 126 valence electrons. The highest BCUT2D eigenvalue weighted by molar-refractivity contribution is 7.14. The maximum absolute atomic E-state index is 12.5. The van der Waals surface area contributed by atoms with E-state index in [-0.39, 0.29) is 5.91 Å². The molecule has 4 aromatic rings. The molecule has 0 bridgehead atoms. The summed E-state index contributed by atoms with van der Waals surface area (Å²) >= 11 is 1.50. The van der Waals surface area contributed by atoms with Crippen molar-refractivity contribution in [1.29, 1.82) is 0 Å². The molecular formula is C19H18N4OS. The van der Waals surface area contributed by atoms with Gasteiger partial charge in [-0.2, -0.15) is 5.10 Å². The molecule has 0 atom stereocenters. The van der Waals surface area contributed by atoms with Gasteiger partial charge in [-0.1, -0.05) is 6.07 Å². The number of aryl methyl sites for hydroxylation is 2. The number of rotatable bonds is 4. The van der Waals surface area contributed by atoms with Gasteiger partial charge in [0.15, 0.2) is 0 Å². The van der Waals surface area contributed by atoms with Crippen molar-refractivity contribution in [2.24, 2.45) is 0 Å². The van der Waals surface area contributed by atoms with Crippen LogP contribution in [0.2, 0.25) is 0 Å². The van der Waals surface area contributed by atoms with Crippen LogP contribution in [-0.4, -0.2) is 20.7 Å². The van der Waals surface area contributed by atoms with Crippen molar-refractivity contribution < 1.29 is 4.79 Å². The molecule has 0 saturated heterocycles. The van der Waals surface area contributed by atoms with Crippen LogP contribution in [0.15, 0.2) is 48.7 Å². The molecule has 3 aromatic heterocycles. The largest absolute Gasteiger partial charge is 0.361 e. The molecule has 5 nitrogen and oxygen atoms in total. The van der Waals surface area contributed by atoms with Gasteiger partial charge in [-0.3, -0.25) is 9.48 Å². The number of aromatic nitrogens is 3. The van der Waals surface area contributed by atoms with Gasteiger partial charge in [0.2, 0.25) is 0 Å². The minimum atomic E-state index is -0.0875. The summed E-state index contributed by atoms with van der Waals surface area (Å²) in [6, 6.07) is 13.8. The van der Waals surface area contributed by atoms with E-state index in [0.717, 1.165) is 32.9 Å². The van der Waals surface area contributed by atoms with Gasteiger partial charge in [0, 0.05) is 28.0 Å². The molecule has 25 heavy (non-hydrogen) atoms. The van der Waals surface area contributed by atoms with Crippen molar-refractivity contribution in [3.05, 3.63) is 69.8 Å². The van der Waals surface area contributed by atoms with Crippen molar-refractivity contribution in [3.63, 3.8) is 0 Å². The molecule has 0 fully saturated rings. The Kier molecular flexibility index (Phi) is 3.89. The summed E-state index contributed by atoms with van der Waals surface area (Å²) in [6.45, 7) is 4.71. The van der Waals surface area contributed by atoms with Gasteiger partial charge in [0.05, 0.1) is 17.1 Å². The number of carbonyl (C=O) groups excluding carboxylic acids is 1. The zero-order valence-electron chi connectivity index (χ0n) is 14.0. The predicted octanol–water partition coefficient (Wildman–Crippen LogP) is 4.34. The molecule has 0 aliphatic heterocycles. The molecule has 0 radical (unpaired) electrons. The second kappa shape index (κ2) is 6.22. The van der Waals surface area contributed by atoms with Crippen molar-refractivity contribution >= 4 is 33.8 Å². The lowest BCUT2D eigenvalue weighted by Gasteiger charge is -2.04. The fraction of sp³-hybridized carbons (Fsp3) is 0.158. The van der Waals surface area contributed by atoms with Crippen LogP contribution in [0.4, 0.5) is 5.69 Å². The summed E-state index contributed by atoms with van der Waals surface area (Å²) in [6.07, 6.45) is 1.89. The van der Waals surface area contributed by atoms with Gasteiger partial charge >= 0.3 is 0 Å². The first kappa shape index (κ1) is 15.7. The van der Waals surface area contributed by atoms with Crippen LogP contribution >= 0.6 is 11.3 Å². The summed E-state index contributed by atoms with van der Waals surface area (Å²) in [5.74, 6) is -0.0875. The van der Waals surface area contributed by atoms with Gasteiger partial charge in [0.25, 0.3) is 5.91 Å². The number of anilines is 1. The summed E-state index contributed by atoms with van der Waals surface area (Å²) in [5, 5.41) is 8.56. The predicted molar refractivity (Wildman–Crippen MR) is 101 cm³/mol. The Labute approximate surface area is 149 Å². The SMILES string of the molecule is Cc1cc(C)n(Cc2ccc(C(=O)Nc3ccc4cc[nH]c4c3)s2)n1. The van der Waals surface area contributed by atoms with Gasteiger partial charge in [-0.05, 0) is 55.6 Å². The molecule has 0 saturated carbocycles. The van der Waals surface area contributed by atoms with E-state index in [1.807, 2.05) is 61.1 Å². The van der Waals surface area contributed by atoms with E-state index in [1.165, 1.54) is 11.3 Å². The monoisotopic (exact) mass is 350 g/mol. The number of thiophene rings is 1. The van der Waals surface area contributed by atoms with Crippen LogP contribution in [0.25, 0.3) is 10.9 Å². The van der Waals surface area contributed by atoms with E-state index in [2.05, 4.69) is 21.5 Å². The molecule has 0 aliphatic rings. The highest BCUT2D eigenvalue weighted by Gasteiger charge is 2.11. The molecule has 0 aliphatic carbocycles. The first-order valence-electron chi connectivity index (χ1n) is 8.07. The zero-order chi connectivity index (χ0) is 17.4. The fourth-order valence-electron chi connectivity index (χ4n) is 2.89. The van der Waals surface area contributed by atoms with Crippen LogP contribution < -0.4 is 5.32 Å². The smallest absolute Gasteiger partial charge is 0.265 e. The lowest BCUT2D eigenvalue weighted by Crippen LogP contribution is -2.09. The third-order valence-corrected chi connectivity index (χ3v) is 5.18. The van der Waals surface area contributed by atoms with Crippen LogP contribution in [0.3, 0.4) is 0 Å². The standard InChI is InChI=1S/C19H18N4OS/c1-12-9-13(2)23(22-12)11-16-5-6-18(25-16)19(24)21-15-4-3-14-7-8-20-17(14)10-15/h3-10,20H,11H2,1-2H3,(H,21,24). The average molecular weight is 350 g/mol. The lowest BCUT2D eigenvalue weighted by molar-refractivity contribution is 0.103. The molecule has 0 unspecified atom stereocenters. The maximum atomic E-state index is 12.5. The van der Waals surface area contributed by atoms with Crippen LogP contribution in [0, 0.1) is 13.8 Å². The second-order valence-corrected chi connectivity index (χ2v) is 7.25. The molecule has 6 heteroatoms. The van der Waals surface area contributed by atoms with Crippen molar-refractivity contribution in [3.8, 4) is 0 Å². The van der Waals surface area contributed by atoms with Crippen LogP contribution in [0.5, 0.6) is 0 Å². The molecule has 0 spiro atoms. The molecule has 4 rings (SSSR count). The summed E-state index contributed by atoms with van der Waals surface area (Å²) in [5.41, 5.74) is 3.92.